The van der Waals surface area contributed by atoms with Gasteiger partial charge in [-0.05, 0) is 35.9 Å². The van der Waals surface area contributed by atoms with E-state index in [9.17, 15) is 0 Å². The molecular weight excluding hydrogens is 240 g/mol. The van der Waals surface area contributed by atoms with Crippen LogP contribution in [0.2, 0.25) is 0 Å². The normalized spacial score (nSPS) is 9.68. The maximum absolute atomic E-state index is 8.76. The molecular formula is C15H14N2O2. The average molecular weight is 254 g/mol. The van der Waals surface area contributed by atoms with Crippen LogP contribution in [0.3, 0.4) is 0 Å². The number of ether oxygens (including phenoxy) is 2. The van der Waals surface area contributed by atoms with Crippen molar-refractivity contribution in [2.45, 2.75) is 6.61 Å². The molecule has 2 N–H and O–H groups in total. The van der Waals surface area contributed by atoms with Gasteiger partial charge in [-0.2, -0.15) is 5.26 Å². The third kappa shape index (κ3) is 3.17. The maximum atomic E-state index is 8.76. The van der Waals surface area contributed by atoms with Gasteiger partial charge in [0.15, 0.2) is 0 Å². The molecule has 0 spiro atoms. The highest BCUT2D eigenvalue weighted by Crippen LogP contribution is 2.23. The minimum absolute atomic E-state index is 0.396. The minimum atomic E-state index is 0.396. The van der Waals surface area contributed by atoms with E-state index in [0.717, 1.165) is 11.3 Å². The lowest BCUT2D eigenvalue weighted by molar-refractivity contribution is 0.307. The predicted molar refractivity (Wildman–Crippen MR) is 72.9 cm³/mol. The van der Waals surface area contributed by atoms with Gasteiger partial charge in [0.1, 0.15) is 18.1 Å². The topological polar surface area (TPSA) is 68.3 Å². The molecule has 0 aromatic heterocycles. The molecule has 4 heteroatoms. The first kappa shape index (κ1) is 12.8. The number of methoxy groups -OCH3 is 1. The molecule has 2 aromatic carbocycles. The minimum Gasteiger partial charge on any atom is -0.497 e. The number of nitrogens with zero attached hydrogens (tertiary/aromatic N) is 1. The fourth-order valence-corrected chi connectivity index (χ4v) is 1.67. The van der Waals surface area contributed by atoms with E-state index in [1.807, 2.05) is 30.3 Å². The molecule has 4 nitrogen and oxygen atoms in total. The summed E-state index contributed by atoms with van der Waals surface area (Å²) in [6.45, 7) is 0.396. The van der Waals surface area contributed by atoms with Gasteiger partial charge in [-0.15, -0.1) is 0 Å². The Hall–Kier alpha value is -2.67. The molecule has 2 aromatic rings. The highest BCUT2D eigenvalue weighted by atomic mass is 16.5. The zero-order chi connectivity index (χ0) is 13.7. The van der Waals surface area contributed by atoms with Crippen LogP contribution in [0.1, 0.15) is 11.1 Å². The molecule has 0 aliphatic heterocycles. The zero-order valence-electron chi connectivity index (χ0n) is 10.6. The Morgan fingerprint density at radius 2 is 2.05 bits per heavy atom. The Balaban J connectivity index is 2.08. The van der Waals surface area contributed by atoms with Gasteiger partial charge in [0.25, 0.3) is 0 Å². The summed E-state index contributed by atoms with van der Waals surface area (Å²) >= 11 is 0. The van der Waals surface area contributed by atoms with E-state index in [0.29, 0.717) is 23.6 Å². The molecule has 19 heavy (non-hydrogen) atoms. The Morgan fingerprint density at radius 3 is 2.74 bits per heavy atom. The van der Waals surface area contributed by atoms with Crippen LogP contribution in [-0.4, -0.2) is 7.11 Å². The van der Waals surface area contributed by atoms with Crippen molar-refractivity contribution in [1.29, 1.82) is 5.26 Å². The van der Waals surface area contributed by atoms with Crippen LogP contribution >= 0.6 is 0 Å². The number of hydrogen-bond donors (Lipinski definition) is 1. The molecule has 0 saturated carbocycles. The number of anilines is 1. The van der Waals surface area contributed by atoms with Gasteiger partial charge >= 0.3 is 0 Å². The van der Waals surface area contributed by atoms with Crippen LogP contribution in [0.15, 0.2) is 42.5 Å². The molecule has 2 rings (SSSR count). The molecule has 0 amide bonds. The summed E-state index contributed by atoms with van der Waals surface area (Å²) in [4.78, 5) is 0. The van der Waals surface area contributed by atoms with Crippen LogP contribution in [0.25, 0.3) is 0 Å². The summed E-state index contributed by atoms with van der Waals surface area (Å²) in [7, 11) is 1.62. The van der Waals surface area contributed by atoms with Crippen molar-refractivity contribution in [3.63, 3.8) is 0 Å². The third-order valence-electron chi connectivity index (χ3n) is 2.67. The van der Waals surface area contributed by atoms with E-state index >= 15 is 0 Å². The number of hydrogen-bond acceptors (Lipinski definition) is 4. The SMILES string of the molecule is COc1cccc(COc2ccc(C#N)cc2N)c1. The molecule has 0 saturated heterocycles. The summed E-state index contributed by atoms with van der Waals surface area (Å²) < 4.78 is 10.8. The van der Waals surface area contributed by atoms with E-state index in [4.69, 9.17) is 20.5 Å². The third-order valence-corrected chi connectivity index (χ3v) is 2.67. The number of rotatable bonds is 4. The largest absolute Gasteiger partial charge is 0.497 e. The lowest BCUT2D eigenvalue weighted by Gasteiger charge is -2.09. The van der Waals surface area contributed by atoms with Crippen LogP contribution in [0.5, 0.6) is 11.5 Å². The summed E-state index contributed by atoms with van der Waals surface area (Å²) in [5, 5.41) is 8.76. The molecule has 0 radical (unpaired) electrons. The van der Waals surface area contributed by atoms with Gasteiger partial charge in [0, 0.05) is 0 Å². The number of nitrogens with two attached hydrogens (primary N) is 1. The van der Waals surface area contributed by atoms with Gasteiger partial charge < -0.3 is 15.2 Å². The van der Waals surface area contributed by atoms with Gasteiger partial charge in [0.05, 0.1) is 24.4 Å². The average Bonchev–Trinajstić information content (AvgIpc) is 2.46. The van der Waals surface area contributed by atoms with E-state index < -0.39 is 0 Å². The van der Waals surface area contributed by atoms with Crippen molar-refractivity contribution in [3.05, 3.63) is 53.6 Å². The summed E-state index contributed by atoms with van der Waals surface area (Å²) in [6, 6.07) is 14.6. The summed E-state index contributed by atoms with van der Waals surface area (Å²) in [5.74, 6) is 1.36. The standard InChI is InChI=1S/C15H14N2O2/c1-18-13-4-2-3-12(7-13)10-19-15-6-5-11(9-16)8-14(15)17/h2-8H,10,17H2,1H3. The second-order valence-corrected chi connectivity index (χ2v) is 4.00. The van der Waals surface area contributed by atoms with Crippen LogP contribution < -0.4 is 15.2 Å². The molecule has 0 unspecified atom stereocenters. The summed E-state index contributed by atoms with van der Waals surface area (Å²) in [5.41, 5.74) is 7.79. The Morgan fingerprint density at radius 1 is 1.21 bits per heavy atom. The first-order valence-corrected chi connectivity index (χ1v) is 5.78. The van der Waals surface area contributed by atoms with E-state index in [1.54, 1.807) is 25.3 Å². The van der Waals surface area contributed by atoms with Crippen molar-refractivity contribution in [2.24, 2.45) is 0 Å². The molecule has 96 valence electrons. The van der Waals surface area contributed by atoms with Gasteiger partial charge in [-0.3, -0.25) is 0 Å². The first-order valence-electron chi connectivity index (χ1n) is 5.78. The maximum Gasteiger partial charge on any atom is 0.142 e. The molecule has 0 aliphatic carbocycles. The first-order chi connectivity index (χ1) is 9.22. The fraction of sp³-hybridized carbons (Fsp3) is 0.133. The van der Waals surface area contributed by atoms with Crippen molar-refractivity contribution in [2.75, 3.05) is 12.8 Å². The molecule has 0 bridgehead atoms. The Kier molecular flexibility index (Phi) is 3.89. The molecule has 0 heterocycles. The number of nitriles is 1. The van der Waals surface area contributed by atoms with Crippen molar-refractivity contribution < 1.29 is 9.47 Å². The molecule has 0 atom stereocenters. The smallest absolute Gasteiger partial charge is 0.142 e. The lowest BCUT2D eigenvalue weighted by Crippen LogP contribution is -1.99. The molecule has 0 aliphatic rings. The number of nitrogen functional groups attached to an aromatic ring is 1. The van der Waals surface area contributed by atoms with E-state index in [1.165, 1.54) is 0 Å². The van der Waals surface area contributed by atoms with E-state index in [-0.39, 0.29) is 0 Å². The highest BCUT2D eigenvalue weighted by Gasteiger charge is 2.03. The second-order valence-electron chi connectivity index (χ2n) is 4.00. The highest BCUT2D eigenvalue weighted by molar-refractivity contribution is 5.56. The van der Waals surface area contributed by atoms with Crippen molar-refractivity contribution in [3.8, 4) is 17.6 Å². The van der Waals surface area contributed by atoms with Crippen LogP contribution in [0.4, 0.5) is 5.69 Å². The van der Waals surface area contributed by atoms with E-state index in [2.05, 4.69) is 0 Å². The van der Waals surface area contributed by atoms with Crippen LogP contribution in [0, 0.1) is 11.3 Å². The lowest BCUT2D eigenvalue weighted by atomic mass is 10.2. The Bertz CT molecular complexity index is 618. The fourth-order valence-electron chi connectivity index (χ4n) is 1.67. The number of benzene rings is 2. The van der Waals surface area contributed by atoms with Crippen molar-refractivity contribution in [1.82, 2.24) is 0 Å². The second kappa shape index (κ2) is 5.78. The van der Waals surface area contributed by atoms with Crippen molar-refractivity contribution >= 4 is 5.69 Å². The predicted octanol–water partition coefficient (Wildman–Crippen LogP) is 2.73. The van der Waals surface area contributed by atoms with Crippen LogP contribution in [-0.2, 0) is 6.61 Å². The molecule has 0 fully saturated rings. The Labute approximate surface area is 112 Å². The monoisotopic (exact) mass is 254 g/mol. The quantitative estimate of drug-likeness (QED) is 0.852. The van der Waals surface area contributed by atoms with Gasteiger partial charge in [0.2, 0.25) is 0 Å². The zero-order valence-corrected chi connectivity index (χ0v) is 10.6. The van der Waals surface area contributed by atoms with Gasteiger partial charge in [-0.1, -0.05) is 12.1 Å². The summed E-state index contributed by atoms with van der Waals surface area (Å²) in [6.07, 6.45) is 0. The van der Waals surface area contributed by atoms with Gasteiger partial charge in [-0.25, -0.2) is 0 Å².